The molecule has 4 atom stereocenters. The molecule has 1 heteroatoms. The smallest absolute Gasteiger partial charge is 0.0783 e. The Labute approximate surface area is 253 Å². The van der Waals surface area contributed by atoms with Gasteiger partial charge in [-0.2, -0.15) is 0 Å². The van der Waals surface area contributed by atoms with Gasteiger partial charge >= 0.3 is 0 Å². The van der Waals surface area contributed by atoms with Crippen molar-refractivity contribution in [2.24, 2.45) is 28.6 Å². The highest BCUT2D eigenvalue weighted by molar-refractivity contribution is 5.30. The van der Waals surface area contributed by atoms with E-state index >= 15 is 0 Å². The molecule has 1 N–H and O–H groups in total. The molecule has 2 rings (SSSR count). The van der Waals surface area contributed by atoms with Crippen molar-refractivity contribution in [2.75, 3.05) is 0 Å². The zero-order chi connectivity index (χ0) is 30.6. The van der Waals surface area contributed by atoms with Gasteiger partial charge in [-0.15, -0.1) is 0 Å². The van der Waals surface area contributed by atoms with E-state index in [-0.39, 0.29) is 17.4 Å². The summed E-state index contributed by atoms with van der Waals surface area (Å²) in [6, 6.07) is 0. The van der Waals surface area contributed by atoms with E-state index in [1.807, 2.05) is 0 Å². The molecule has 1 nitrogen and oxygen atoms in total. The molecule has 3 unspecified atom stereocenters. The van der Waals surface area contributed by atoms with Crippen molar-refractivity contribution in [3.05, 3.63) is 82.5 Å². The zero-order valence-electron chi connectivity index (χ0n) is 27.7. The van der Waals surface area contributed by atoms with Crippen LogP contribution in [0.15, 0.2) is 82.5 Å². The highest BCUT2D eigenvalue weighted by Gasteiger charge is 2.35. The van der Waals surface area contributed by atoms with E-state index in [0.717, 1.165) is 25.7 Å². The van der Waals surface area contributed by atoms with Crippen molar-refractivity contribution >= 4 is 0 Å². The van der Waals surface area contributed by atoms with Crippen LogP contribution in [0.2, 0.25) is 0 Å². The third kappa shape index (κ3) is 12.0. The lowest BCUT2D eigenvalue weighted by Gasteiger charge is -2.40. The van der Waals surface area contributed by atoms with Crippen LogP contribution in [0.5, 0.6) is 0 Å². The highest BCUT2D eigenvalue weighted by Crippen LogP contribution is 2.44. The lowest BCUT2D eigenvalue weighted by Crippen LogP contribution is -2.33. The first-order chi connectivity index (χ1) is 19.2. The van der Waals surface area contributed by atoms with Crippen LogP contribution in [0.3, 0.4) is 0 Å². The van der Waals surface area contributed by atoms with Gasteiger partial charge in [0.1, 0.15) is 0 Å². The molecule has 0 aliphatic heterocycles. The summed E-state index contributed by atoms with van der Waals surface area (Å²) in [5.41, 5.74) is 7.05. The molecule has 0 bridgehead atoms. The standard InChI is InChI=1S/C40H56O/c1-30(18-13-20-32(3)23-25-37-34(5)22-15-27-39(37,7)8)16-11-12-17-31(2)19-14-21-33(4)24-26-38-35(6)28-36(41)29-40(38,9)10/h13,16,18,20,22-26,31,35-37,41H,11,15,21,27-29H2,1-10H3/b18-13+,25-23+,30-16+,32-20+,33-24+,38-26+/t31?,35?,36-,37?/m1/s1. The number of aliphatic hydroxyl groups is 1. The first-order valence-electron chi connectivity index (χ1n) is 15.6. The van der Waals surface area contributed by atoms with Gasteiger partial charge in [-0.05, 0) is 77.0 Å². The molecular formula is C40H56O. The van der Waals surface area contributed by atoms with Crippen LogP contribution in [0.4, 0.5) is 0 Å². The molecule has 2 aliphatic rings. The summed E-state index contributed by atoms with van der Waals surface area (Å²) in [5.74, 6) is 14.1. The van der Waals surface area contributed by atoms with Crippen molar-refractivity contribution in [3.8, 4) is 23.7 Å². The summed E-state index contributed by atoms with van der Waals surface area (Å²) >= 11 is 0. The fourth-order valence-electron chi connectivity index (χ4n) is 6.18. The molecule has 0 aromatic carbocycles. The second-order valence-electron chi connectivity index (χ2n) is 13.8. The summed E-state index contributed by atoms with van der Waals surface area (Å²) < 4.78 is 0. The Kier molecular flexibility index (Phi) is 13.5. The fourth-order valence-corrected chi connectivity index (χ4v) is 6.18. The maximum absolute atomic E-state index is 10.1. The number of hydrogen-bond acceptors (Lipinski definition) is 1. The Morgan fingerprint density at radius 2 is 1.76 bits per heavy atom. The van der Waals surface area contributed by atoms with E-state index in [2.05, 4.69) is 148 Å². The third-order valence-corrected chi connectivity index (χ3v) is 8.62. The van der Waals surface area contributed by atoms with Gasteiger partial charge < -0.3 is 5.11 Å². The number of aliphatic hydroxyl groups excluding tert-OH is 1. The predicted octanol–water partition coefficient (Wildman–Crippen LogP) is 10.5. The first-order valence-corrected chi connectivity index (χ1v) is 15.6. The quantitative estimate of drug-likeness (QED) is 0.189. The van der Waals surface area contributed by atoms with E-state index in [1.165, 1.54) is 40.7 Å². The molecule has 41 heavy (non-hydrogen) atoms. The molecule has 222 valence electrons. The average molecular weight is 553 g/mol. The Balaban J connectivity index is 1.83. The summed E-state index contributed by atoms with van der Waals surface area (Å²) in [4.78, 5) is 0. The summed E-state index contributed by atoms with van der Waals surface area (Å²) in [6.45, 7) is 22.2. The summed E-state index contributed by atoms with van der Waals surface area (Å²) in [7, 11) is 0. The SMILES string of the molecule is CC1=CCCC(C)(C)C1/C=C/C(C)=C/C=C/C(C)=C/CC#CC(C)C#CC/C(C)=C/C=C1\C(C)C[C@@H](O)CC1(C)C. The number of allylic oxidation sites excluding steroid dienone is 14. The van der Waals surface area contributed by atoms with E-state index in [4.69, 9.17) is 0 Å². The monoisotopic (exact) mass is 552 g/mol. The normalized spacial score (nSPS) is 26.8. The van der Waals surface area contributed by atoms with Gasteiger partial charge in [-0.25, -0.2) is 0 Å². The molecular weight excluding hydrogens is 496 g/mol. The van der Waals surface area contributed by atoms with Gasteiger partial charge in [-0.3, -0.25) is 0 Å². The molecule has 0 amide bonds. The van der Waals surface area contributed by atoms with Gasteiger partial charge in [0.25, 0.3) is 0 Å². The average Bonchev–Trinajstić information content (AvgIpc) is 2.84. The van der Waals surface area contributed by atoms with Crippen LogP contribution >= 0.6 is 0 Å². The Morgan fingerprint density at radius 3 is 2.44 bits per heavy atom. The van der Waals surface area contributed by atoms with Crippen molar-refractivity contribution in [1.82, 2.24) is 0 Å². The summed E-state index contributed by atoms with van der Waals surface area (Å²) in [5, 5.41) is 10.1. The van der Waals surface area contributed by atoms with Crippen LogP contribution in [0.1, 0.15) is 108 Å². The van der Waals surface area contributed by atoms with Crippen LogP contribution in [0, 0.1) is 52.3 Å². The molecule has 0 radical (unpaired) electrons. The third-order valence-electron chi connectivity index (χ3n) is 8.62. The van der Waals surface area contributed by atoms with E-state index in [9.17, 15) is 5.11 Å². The minimum absolute atomic E-state index is 0.0440. The molecule has 1 fully saturated rings. The molecule has 0 aromatic rings. The Morgan fingerprint density at radius 1 is 1.05 bits per heavy atom. The maximum atomic E-state index is 10.1. The van der Waals surface area contributed by atoms with Gasteiger partial charge in [0.15, 0.2) is 0 Å². The second kappa shape index (κ2) is 16.0. The molecule has 0 saturated heterocycles. The topological polar surface area (TPSA) is 20.2 Å². The van der Waals surface area contributed by atoms with Crippen LogP contribution in [0.25, 0.3) is 0 Å². The Hall–Kier alpha value is -2.74. The van der Waals surface area contributed by atoms with Crippen LogP contribution in [-0.2, 0) is 0 Å². The van der Waals surface area contributed by atoms with E-state index in [1.54, 1.807) is 0 Å². The molecule has 2 aliphatic carbocycles. The largest absolute Gasteiger partial charge is 0.393 e. The Bertz CT molecular complexity index is 1230. The predicted molar refractivity (Wildman–Crippen MR) is 180 cm³/mol. The highest BCUT2D eigenvalue weighted by atomic mass is 16.3. The zero-order valence-corrected chi connectivity index (χ0v) is 27.7. The van der Waals surface area contributed by atoms with Gasteiger partial charge in [-0.1, -0.05) is 141 Å². The molecule has 0 heterocycles. The lowest BCUT2D eigenvalue weighted by molar-refractivity contribution is 0.0769. The fraction of sp³-hybridized carbons (Fsp3) is 0.550. The second-order valence-corrected chi connectivity index (χ2v) is 13.8. The molecule has 0 aromatic heterocycles. The van der Waals surface area contributed by atoms with Crippen molar-refractivity contribution in [3.63, 3.8) is 0 Å². The molecule has 1 saturated carbocycles. The maximum Gasteiger partial charge on any atom is 0.0783 e. The van der Waals surface area contributed by atoms with Crippen LogP contribution < -0.4 is 0 Å². The van der Waals surface area contributed by atoms with Crippen molar-refractivity contribution in [1.29, 1.82) is 0 Å². The van der Waals surface area contributed by atoms with Gasteiger partial charge in [0, 0.05) is 18.8 Å². The van der Waals surface area contributed by atoms with Crippen molar-refractivity contribution in [2.45, 2.75) is 114 Å². The van der Waals surface area contributed by atoms with Gasteiger partial charge in [0.05, 0.1) is 12.0 Å². The lowest BCUT2D eigenvalue weighted by atomic mass is 9.67. The molecule has 0 spiro atoms. The van der Waals surface area contributed by atoms with E-state index in [0.29, 0.717) is 17.3 Å². The minimum atomic E-state index is -0.188. The number of hydrogen-bond donors (Lipinski definition) is 1. The van der Waals surface area contributed by atoms with E-state index < -0.39 is 0 Å². The minimum Gasteiger partial charge on any atom is -0.393 e. The van der Waals surface area contributed by atoms with Crippen LogP contribution in [-0.4, -0.2) is 11.2 Å². The van der Waals surface area contributed by atoms with Crippen molar-refractivity contribution < 1.29 is 5.11 Å². The summed E-state index contributed by atoms with van der Waals surface area (Å²) in [6.07, 6.45) is 25.6. The number of rotatable bonds is 7. The first kappa shape index (κ1) is 34.5. The van der Waals surface area contributed by atoms with Gasteiger partial charge in [0.2, 0.25) is 0 Å².